The van der Waals surface area contributed by atoms with Gasteiger partial charge in [0.1, 0.15) is 0 Å². The Labute approximate surface area is 487 Å². The normalized spacial score (nSPS) is 14.3. The van der Waals surface area contributed by atoms with E-state index in [1.807, 2.05) is 0 Å². The number of rotatable bonds is 18. The van der Waals surface area contributed by atoms with Gasteiger partial charge in [0.25, 0.3) is 0 Å². The van der Waals surface area contributed by atoms with E-state index in [0.717, 1.165) is 0 Å². The van der Waals surface area contributed by atoms with E-state index in [1.165, 1.54) is 42.4 Å². The predicted molar refractivity (Wildman–Crippen MR) is 378 cm³/mol. The molecule has 0 amide bonds. The summed E-state index contributed by atoms with van der Waals surface area (Å²) in [7, 11) is -14.6. The average molecular weight is 1320 g/mol. The zero-order valence-electron chi connectivity index (χ0n) is 47.6. The van der Waals surface area contributed by atoms with Crippen LogP contribution in [0.2, 0.25) is 78.6 Å². The first-order valence-electron chi connectivity index (χ1n) is 27.1. The van der Waals surface area contributed by atoms with Gasteiger partial charge in [0.2, 0.25) is 0 Å². The van der Waals surface area contributed by atoms with Gasteiger partial charge in [0.05, 0.1) is 0 Å². The van der Waals surface area contributed by atoms with Crippen molar-refractivity contribution in [1.82, 2.24) is 9.51 Å². The van der Waals surface area contributed by atoms with Crippen LogP contribution in [0.1, 0.15) is 0 Å². The summed E-state index contributed by atoms with van der Waals surface area (Å²) in [6.07, 6.45) is 0. The second kappa shape index (κ2) is 24.7. The van der Waals surface area contributed by atoms with Gasteiger partial charge >= 0.3 is 492 Å². The predicted octanol–water partition coefficient (Wildman–Crippen LogP) is 15.2. The zero-order chi connectivity index (χ0) is 55.5. The van der Waals surface area contributed by atoms with Gasteiger partial charge in [-0.15, -0.1) is 0 Å². The van der Waals surface area contributed by atoms with Crippen LogP contribution in [-0.2, 0) is 0 Å². The maximum absolute atomic E-state index is 6.72. The Balaban J connectivity index is 1.56. The number of hydrogen-bond acceptors (Lipinski definition) is 6. The fraction of sp³-hybridized carbons (Fsp3) is 0.194. The van der Waals surface area contributed by atoms with E-state index < -0.39 is 85.3 Å². The molecular formula is C62H78Ge2N4P4S2Si4. The summed E-state index contributed by atoms with van der Waals surface area (Å²) in [6.45, 7) is 30.2. The van der Waals surface area contributed by atoms with Crippen molar-refractivity contribution in [3.8, 4) is 0 Å². The monoisotopic (exact) mass is 1330 g/mol. The van der Waals surface area contributed by atoms with Gasteiger partial charge in [-0.3, -0.25) is 0 Å². The Morgan fingerprint density at radius 3 is 0.641 bits per heavy atom. The summed E-state index contributed by atoms with van der Waals surface area (Å²) in [5.41, 5.74) is 0. The second-order valence-electron chi connectivity index (χ2n) is 24.0. The van der Waals surface area contributed by atoms with Crippen molar-refractivity contribution in [2.24, 2.45) is 8.82 Å². The van der Waals surface area contributed by atoms with Gasteiger partial charge in [0.15, 0.2) is 0 Å². The van der Waals surface area contributed by atoms with E-state index in [4.69, 9.17) is 18.3 Å². The Hall–Kier alpha value is -2.61. The maximum atomic E-state index is 6.72. The molecule has 9 rings (SSSR count). The summed E-state index contributed by atoms with van der Waals surface area (Å²) in [5.74, 6) is 0. The van der Waals surface area contributed by atoms with Crippen LogP contribution in [0.15, 0.2) is 251 Å². The van der Waals surface area contributed by atoms with Crippen LogP contribution in [0.3, 0.4) is 0 Å². The molecule has 402 valence electrons. The van der Waals surface area contributed by atoms with E-state index in [-0.39, 0.29) is 0 Å². The molecule has 2 radical (unpaired) electrons. The molecule has 0 unspecified atom stereocenters. The van der Waals surface area contributed by atoms with Crippen molar-refractivity contribution >= 4 is 152 Å². The third-order valence-electron chi connectivity index (χ3n) is 13.0. The Morgan fingerprint density at radius 1 is 0.295 bits per heavy atom. The quantitative estimate of drug-likeness (QED) is 0.0664. The summed E-state index contributed by atoms with van der Waals surface area (Å²) in [5, 5.41) is 11.3. The van der Waals surface area contributed by atoms with Gasteiger partial charge in [-0.25, -0.2) is 0 Å². The molecule has 8 aromatic carbocycles. The van der Waals surface area contributed by atoms with Crippen molar-refractivity contribution in [3.05, 3.63) is 243 Å². The summed E-state index contributed by atoms with van der Waals surface area (Å²) in [6, 6.07) is 94.3. The van der Waals surface area contributed by atoms with Gasteiger partial charge in [-0.1, -0.05) is 0 Å². The van der Waals surface area contributed by atoms with Crippen molar-refractivity contribution in [2.45, 2.75) is 78.6 Å². The molecule has 0 aromatic heterocycles. The van der Waals surface area contributed by atoms with E-state index in [1.54, 1.807) is 7.73 Å². The molecule has 1 saturated heterocycles. The molecule has 1 heterocycles. The van der Waals surface area contributed by atoms with Crippen molar-refractivity contribution < 1.29 is 0 Å². The molecule has 0 saturated carbocycles. The zero-order valence-corrected chi connectivity index (χ0v) is 61.0. The molecular weight excluding hydrogens is 1250 g/mol. The molecule has 16 heteroatoms. The van der Waals surface area contributed by atoms with Crippen molar-refractivity contribution in [3.63, 3.8) is 0 Å². The first kappa shape index (κ1) is 60.0. The van der Waals surface area contributed by atoms with Gasteiger partial charge in [-0.05, 0) is 0 Å². The molecule has 0 spiro atoms. The number of benzene rings is 8. The molecule has 1 aliphatic heterocycles. The molecule has 0 aliphatic carbocycles. The summed E-state index contributed by atoms with van der Waals surface area (Å²) >= 11 is -5.28. The van der Waals surface area contributed by atoms with Gasteiger partial charge in [-0.2, -0.15) is 0 Å². The van der Waals surface area contributed by atoms with Gasteiger partial charge in [0, 0.05) is 0 Å². The van der Waals surface area contributed by atoms with Crippen molar-refractivity contribution in [2.75, 3.05) is 0 Å². The molecule has 2 N–H and O–H groups in total. The standard InChI is InChI=1S/C62H78Ge2N4P4S2Si4/c1-75(2,3)65-69(53-37-21-13-22-38-53,54-39-23-14-24-40-54)61(70(66-76(4,5)6,55-41-25-15-26-42-55)56-43-27-16-28-44-56)63-73-64(74-63)62(71(67-77(7,8)9,57-45-29-17-30-46-57)58-47-31-18-32-48-58)72(68-78(10,11)12,59-49-33-19-34-50-59)60-51-35-20-36-52-60/h13-52,65,67H,1-12H3. The Kier molecular flexibility index (Phi) is 19.0. The molecule has 1 aliphatic rings. The first-order chi connectivity index (χ1) is 37.1. The molecule has 8 aromatic rings. The minimum atomic E-state index is -2.77. The second-order valence-corrected chi connectivity index (χ2v) is 92.5. The summed E-state index contributed by atoms with van der Waals surface area (Å²) < 4.78 is 26.8. The molecule has 0 bridgehead atoms. The first-order valence-corrected chi connectivity index (χ1v) is 62.0. The van der Waals surface area contributed by atoms with E-state index in [2.05, 4.69) is 338 Å². The van der Waals surface area contributed by atoms with Crippen LogP contribution in [0.25, 0.3) is 0 Å². The van der Waals surface area contributed by atoms with Gasteiger partial charge < -0.3 is 0 Å². The molecule has 1 fully saturated rings. The van der Waals surface area contributed by atoms with E-state index >= 15 is 0 Å². The topological polar surface area (TPSA) is 48.8 Å². The third kappa shape index (κ3) is 12.8. The fourth-order valence-electron chi connectivity index (χ4n) is 10.7. The SMILES string of the molecule is C[Si](C)(C)N=P([C]([Ge]1[S][Ge]([C](P(=N[Si](C)(C)C)(c2ccccc2)c2ccccc2)=P(N[Si](C)(C)C)(c2ccccc2)c2ccccc2)[S]1)=P(N[Si](C)(C)C)(c1ccccc1)c1ccccc1)(c1ccccc1)c1ccccc1. The summed E-state index contributed by atoms with van der Waals surface area (Å²) in [4.78, 5) is 0. The number of hydrogen-bond donors (Lipinski definition) is 2. The number of nitrogens with one attached hydrogen (secondary N) is 2. The molecule has 4 nitrogen and oxygen atoms in total. The van der Waals surface area contributed by atoms with Crippen LogP contribution >= 0.6 is 45.0 Å². The number of nitrogens with zero attached hydrogens (tertiary/aromatic N) is 2. The Bertz CT molecular complexity index is 3130. The van der Waals surface area contributed by atoms with Crippen LogP contribution in [0, 0.1) is 0 Å². The Morgan fingerprint density at radius 2 is 0.474 bits per heavy atom. The third-order valence-corrected chi connectivity index (χ3v) is 124. The van der Waals surface area contributed by atoms with E-state index in [0.29, 0.717) is 0 Å². The van der Waals surface area contributed by atoms with Crippen LogP contribution in [0.4, 0.5) is 0 Å². The molecule has 78 heavy (non-hydrogen) atoms. The van der Waals surface area contributed by atoms with Crippen LogP contribution < -0.4 is 51.9 Å². The fourth-order valence-corrected chi connectivity index (χ4v) is 161. The minimum absolute atomic E-state index is 1.39. The van der Waals surface area contributed by atoms with Crippen LogP contribution in [0.5, 0.6) is 0 Å². The van der Waals surface area contributed by atoms with Crippen LogP contribution in [-0.4, -0.2) is 64.8 Å². The van der Waals surface area contributed by atoms with Crippen molar-refractivity contribution in [1.29, 1.82) is 0 Å². The average Bonchev–Trinajstić information content (AvgIpc) is 2.81. The molecule has 0 atom stereocenters. The van der Waals surface area contributed by atoms with E-state index in [9.17, 15) is 0 Å².